The van der Waals surface area contributed by atoms with E-state index >= 15 is 0 Å². The molecule has 0 radical (unpaired) electrons. The molecule has 1 aliphatic rings. The van der Waals surface area contributed by atoms with Crippen molar-refractivity contribution in [1.82, 2.24) is 19.9 Å². The lowest BCUT2D eigenvalue weighted by molar-refractivity contribution is 0.0855. The van der Waals surface area contributed by atoms with Crippen LogP contribution in [-0.2, 0) is 0 Å². The molecule has 2 N–H and O–H groups in total. The van der Waals surface area contributed by atoms with Gasteiger partial charge in [-0.15, -0.1) is 0 Å². The van der Waals surface area contributed by atoms with Crippen LogP contribution >= 0.6 is 0 Å². The number of hydrogen-bond acceptors (Lipinski definition) is 6. The maximum atomic E-state index is 10.3. The van der Waals surface area contributed by atoms with Crippen molar-refractivity contribution in [3.8, 4) is 5.88 Å². The highest BCUT2D eigenvalue weighted by Gasteiger charge is 2.28. The smallest absolute Gasteiger partial charge is 0.228 e. The molecule has 0 amide bonds. The summed E-state index contributed by atoms with van der Waals surface area (Å²) in [5.74, 6) is 2.10. The number of nitrogens with one attached hydrogen (secondary N) is 1. The summed E-state index contributed by atoms with van der Waals surface area (Å²) in [5, 5.41) is 10.3. The Bertz CT molecular complexity index is 567. The molecule has 0 bridgehead atoms. The molecule has 0 aromatic carbocycles. The fourth-order valence-electron chi connectivity index (χ4n) is 2.68. The van der Waals surface area contributed by atoms with Gasteiger partial charge in [0, 0.05) is 37.7 Å². The molecule has 1 atom stereocenters. The molecule has 7 nitrogen and oxygen atoms in total. The quantitative estimate of drug-likeness (QED) is 0.878. The zero-order chi connectivity index (χ0) is 14.7. The van der Waals surface area contributed by atoms with Crippen LogP contribution in [0.4, 0.5) is 5.95 Å². The number of rotatable bonds is 4. The van der Waals surface area contributed by atoms with Gasteiger partial charge in [0.2, 0.25) is 11.8 Å². The van der Waals surface area contributed by atoms with Gasteiger partial charge in [-0.1, -0.05) is 0 Å². The molecular formula is C14H19N5O2. The van der Waals surface area contributed by atoms with Crippen LogP contribution in [0.25, 0.3) is 0 Å². The lowest BCUT2D eigenvalue weighted by atomic mass is 9.91. The van der Waals surface area contributed by atoms with Crippen LogP contribution in [0.5, 0.6) is 5.88 Å². The van der Waals surface area contributed by atoms with Gasteiger partial charge in [0.25, 0.3) is 0 Å². The first-order valence-corrected chi connectivity index (χ1v) is 7.07. The van der Waals surface area contributed by atoms with Gasteiger partial charge in [0.15, 0.2) is 0 Å². The maximum Gasteiger partial charge on any atom is 0.228 e. The van der Waals surface area contributed by atoms with Crippen LogP contribution in [0, 0.1) is 5.92 Å². The normalized spacial score (nSPS) is 17.7. The molecule has 1 fully saturated rings. The summed E-state index contributed by atoms with van der Waals surface area (Å²) >= 11 is 0. The van der Waals surface area contributed by atoms with Gasteiger partial charge < -0.3 is 19.7 Å². The highest BCUT2D eigenvalue weighted by atomic mass is 16.5. The van der Waals surface area contributed by atoms with E-state index in [1.807, 2.05) is 0 Å². The van der Waals surface area contributed by atoms with E-state index < -0.39 is 6.10 Å². The zero-order valence-electron chi connectivity index (χ0n) is 11.9. The first-order valence-electron chi connectivity index (χ1n) is 7.07. The Hall–Kier alpha value is -2.15. The first kappa shape index (κ1) is 13.8. The predicted octanol–water partition coefficient (Wildman–Crippen LogP) is 1.16. The number of piperidine rings is 1. The molecule has 1 unspecified atom stereocenters. The molecule has 3 rings (SSSR count). The van der Waals surface area contributed by atoms with E-state index in [-0.39, 0.29) is 5.92 Å². The summed E-state index contributed by atoms with van der Waals surface area (Å²) in [6.45, 7) is 1.63. The average molecular weight is 289 g/mol. The Morgan fingerprint density at radius 1 is 1.33 bits per heavy atom. The first-order chi connectivity index (χ1) is 10.3. The second-order valence-corrected chi connectivity index (χ2v) is 5.14. The number of aliphatic hydroxyl groups excluding tert-OH is 1. The minimum absolute atomic E-state index is 0.206. The molecule has 0 aliphatic carbocycles. The summed E-state index contributed by atoms with van der Waals surface area (Å²) in [5.41, 5.74) is 0. The molecule has 21 heavy (non-hydrogen) atoms. The Morgan fingerprint density at radius 2 is 2.14 bits per heavy atom. The Labute approximate surface area is 123 Å². The molecule has 0 saturated carbocycles. The van der Waals surface area contributed by atoms with Crippen molar-refractivity contribution < 1.29 is 9.84 Å². The number of methoxy groups -OCH3 is 1. The Kier molecular flexibility index (Phi) is 4.01. The van der Waals surface area contributed by atoms with Crippen LogP contribution in [0.15, 0.2) is 24.7 Å². The second kappa shape index (κ2) is 6.09. The number of aliphatic hydroxyl groups is 1. The van der Waals surface area contributed by atoms with Gasteiger partial charge >= 0.3 is 0 Å². The summed E-state index contributed by atoms with van der Waals surface area (Å²) in [6.07, 6.45) is 6.32. The van der Waals surface area contributed by atoms with E-state index in [1.54, 1.807) is 31.8 Å². The number of ether oxygens (including phenoxy) is 1. The number of anilines is 1. The highest BCUT2D eigenvalue weighted by Crippen LogP contribution is 2.30. The van der Waals surface area contributed by atoms with Gasteiger partial charge in [-0.25, -0.2) is 9.97 Å². The standard InChI is InChI=1S/C14H19N5O2/c1-21-11-2-5-17-14(18-11)19-8-3-10(4-9-19)12(20)13-15-6-7-16-13/h2,5-7,10,12,20H,3-4,8-9H2,1H3,(H,15,16). The van der Waals surface area contributed by atoms with Crippen LogP contribution in [0.1, 0.15) is 24.8 Å². The zero-order valence-corrected chi connectivity index (χ0v) is 11.9. The number of aromatic nitrogens is 4. The summed E-state index contributed by atoms with van der Waals surface area (Å²) in [4.78, 5) is 17.9. The van der Waals surface area contributed by atoms with E-state index in [2.05, 4.69) is 24.8 Å². The monoisotopic (exact) mass is 289 g/mol. The molecule has 2 aromatic rings. The second-order valence-electron chi connectivity index (χ2n) is 5.14. The number of imidazole rings is 1. The van der Waals surface area contributed by atoms with Crippen molar-refractivity contribution in [1.29, 1.82) is 0 Å². The largest absolute Gasteiger partial charge is 0.481 e. The third kappa shape index (κ3) is 2.97. The lowest BCUT2D eigenvalue weighted by Crippen LogP contribution is -2.36. The molecule has 3 heterocycles. The number of nitrogens with zero attached hydrogens (tertiary/aromatic N) is 4. The maximum absolute atomic E-state index is 10.3. The summed E-state index contributed by atoms with van der Waals surface area (Å²) in [7, 11) is 1.60. The lowest BCUT2D eigenvalue weighted by Gasteiger charge is -2.33. The van der Waals surface area contributed by atoms with Crippen molar-refractivity contribution in [2.45, 2.75) is 18.9 Å². The number of aromatic amines is 1. The minimum Gasteiger partial charge on any atom is -0.481 e. The van der Waals surface area contributed by atoms with E-state index in [1.165, 1.54) is 0 Å². The van der Waals surface area contributed by atoms with Gasteiger partial charge in [-0.2, -0.15) is 4.98 Å². The number of H-pyrrole nitrogens is 1. The van der Waals surface area contributed by atoms with E-state index in [0.29, 0.717) is 17.7 Å². The van der Waals surface area contributed by atoms with E-state index in [4.69, 9.17) is 4.74 Å². The van der Waals surface area contributed by atoms with Gasteiger partial charge in [-0.3, -0.25) is 0 Å². The third-order valence-electron chi connectivity index (χ3n) is 3.89. The van der Waals surface area contributed by atoms with E-state index in [0.717, 1.165) is 25.9 Å². The number of hydrogen-bond donors (Lipinski definition) is 2. The average Bonchev–Trinajstić information content (AvgIpc) is 3.09. The molecule has 1 aliphatic heterocycles. The van der Waals surface area contributed by atoms with Crippen LogP contribution in [0.2, 0.25) is 0 Å². The molecule has 112 valence electrons. The van der Waals surface area contributed by atoms with Gasteiger partial charge in [0.05, 0.1) is 7.11 Å². The third-order valence-corrected chi connectivity index (χ3v) is 3.89. The van der Waals surface area contributed by atoms with Crippen molar-refractivity contribution in [2.75, 3.05) is 25.1 Å². The predicted molar refractivity (Wildman–Crippen MR) is 77.1 cm³/mol. The van der Waals surface area contributed by atoms with Crippen LogP contribution < -0.4 is 9.64 Å². The topological polar surface area (TPSA) is 87.2 Å². The fraction of sp³-hybridized carbons (Fsp3) is 0.500. The summed E-state index contributed by atoms with van der Waals surface area (Å²) in [6, 6.07) is 1.73. The van der Waals surface area contributed by atoms with Crippen LogP contribution in [0.3, 0.4) is 0 Å². The Balaban J connectivity index is 1.62. The van der Waals surface area contributed by atoms with Crippen molar-refractivity contribution in [2.24, 2.45) is 5.92 Å². The molecule has 0 spiro atoms. The fourth-order valence-corrected chi connectivity index (χ4v) is 2.68. The van der Waals surface area contributed by atoms with Gasteiger partial charge in [-0.05, 0) is 18.8 Å². The van der Waals surface area contributed by atoms with Crippen molar-refractivity contribution >= 4 is 5.95 Å². The molecular weight excluding hydrogens is 270 g/mol. The van der Waals surface area contributed by atoms with Gasteiger partial charge in [0.1, 0.15) is 11.9 Å². The minimum atomic E-state index is -0.534. The van der Waals surface area contributed by atoms with Crippen molar-refractivity contribution in [3.05, 3.63) is 30.5 Å². The van der Waals surface area contributed by atoms with Crippen molar-refractivity contribution in [3.63, 3.8) is 0 Å². The highest BCUT2D eigenvalue weighted by molar-refractivity contribution is 5.32. The van der Waals surface area contributed by atoms with E-state index in [9.17, 15) is 5.11 Å². The Morgan fingerprint density at radius 3 is 2.81 bits per heavy atom. The molecule has 7 heteroatoms. The molecule has 1 saturated heterocycles. The SMILES string of the molecule is COc1ccnc(N2CCC(C(O)c3ncc[nH]3)CC2)n1. The van der Waals surface area contributed by atoms with Crippen LogP contribution in [-0.4, -0.2) is 45.2 Å². The summed E-state index contributed by atoms with van der Waals surface area (Å²) < 4.78 is 5.12. The molecule has 2 aromatic heterocycles.